The van der Waals surface area contributed by atoms with Gasteiger partial charge in [-0.25, -0.2) is 4.79 Å². The van der Waals surface area contributed by atoms with Gasteiger partial charge in [0.15, 0.2) is 6.10 Å². The van der Waals surface area contributed by atoms with Crippen LogP contribution in [0.25, 0.3) is 0 Å². The Morgan fingerprint density at radius 3 is 2.71 bits per heavy atom. The Bertz CT molecular complexity index is 287. The minimum Gasteiger partial charge on any atom is -0.479 e. The first kappa shape index (κ1) is 13.9. The number of aliphatic hydroxyl groups is 1. The monoisotopic (exact) mass is 244 g/mol. The first-order chi connectivity index (χ1) is 8.02. The molecule has 0 spiro atoms. The van der Waals surface area contributed by atoms with Gasteiger partial charge in [-0.3, -0.25) is 4.79 Å². The Morgan fingerprint density at radius 1 is 1.53 bits per heavy atom. The van der Waals surface area contributed by atoms with Crippen molar-refractivity contribution in [1.82, 2.24) is 10.6 Å². The van der Waals surface area contributed by atoms with Gasteiger partial charge in [-0.15, -0.1) is 0 Å². The van der Waals surface area contributed by atoms with E-state index >= 15 is 0 Å². The van der Waals surface area contributed by atoms with Crippen LogP contribution in [0.2, 0.25) is 0 Å². The summed E-state index contributed by atoms with van der Waals surface area (Å²) in [5, 5.41) is 23.4. The molecule has 2 atom stereocenters. The molecule has 1 unspecified atom stereocenters. The maximum Gasteiger partial charge on any atom is 0.332 e. The number of aliphatic hydroxyl groups excluding tert-OH is 1. The number of aliphatic carboxylic acids is 1. The van der Waals surface area contributed by atoms with Crippen molar-refractivity contribution in [3.05, 3.63) is 0 Å². The predicted octanol–water partition coefficient (Wildman–Crippen LogP) is -0.672. The van der Waals surface area contributed by atoms with E-state index in [1.165, 1.54) is 0 Å². The molecule has 0 radical (unpaired) electrons. The predicted molar refractivity (Wildman–Crippen MR) is 61.5 cm³/mol. The van der Waals surface area contributed by atoms with Gasteiger partial charge in [0.2, 0.25) is 5.91 Å². The number of carbonyl (C=O) groups excluding carboxylic acids is 1. The number of amides is 1. The molecule has 0 aromatic rings. The third-order valence-electron chi connectivity index (χ3n) is 3.39. The Labute approximate surface area is 100 Å². The minimum atomic E-state index is -1.41. The summed E-state index contributed by atoms with van der Waals surface area (Å²) in [6.45, 7) is 3.66. The lowest BCUT2D eigenvalue weighted by Gasteiger charge is -2.25. The Kier molecular flexibility index (Phi) is 4.89. The third kappa shape index (κ3) is 3.41. The van der Waals surface area contributed by atoms with E-state index < -0.39 is 12.1 Å². The summed E-state index contributed by atoms with van der Waals surface area (Å²) in [4.78, 5) is 22.3. The van der Waals surface area contributed by atoms with Gasteiger partial charge in [-0.1, -0.05) is 6.92 Å². The van der Waals surface area contributed by atoms with Gasteiger partial charge in [0, 0.05) is 19.5 Å². The van der Waals surface area contributed by atoms with Gasteiger partial charge in [0.05, 0.1) is 5.41 Å². The molecule has 1 amide bonds. The molecule has 4 N–H and O–H groups in total. The molecule has 98 valence electrons. The molecule has 6 nitrogen and oxygen atoms in total. The molecule has 1 heterocycles. The zero-order valence-corrected chi connectivity index (χ0v) is 10.0. The molecule has 17 heavy (non-hydrogen) atoms. The van der Waals surface area contributed by atoms with Crippen molar-refractivity contribution < 1.29 is 19.8 Å². The molecular weight excluding hydrogens is 224 g/mol. The van der Waals surface area contributed by atoms with E-state index in [0.717, 1.165) is 19.4 Å². The van der Waals surface area contributed by atoms with Crippen molar-refractivity contribution in [3.8, 4) is 0 Å². The van der Waals surface area contributed by atoms with Gasteiger partial charge in [-0.2, -0.15) is 0 Å². The third-order valence-corrected chi connectivity index (χ3v) is 3.39. The molecule has 0 aromatic heterocycles. The Balaban J connectivity index is 2.36. The van der Waals surface area contributed by atoms with Crippen molar-refractivity contribution in [1.29, 1.82) is 0 Å². The standard InChI is InChI=1S/C11H20N2O4/c1-2-11(4-6-12-7-11)10(17)13-5-3-8(14)9(15)16/h8,12,14H,2-7H2,1H3,(H,13,17)(H,15,16)/t8-,11?/m0/s1. The second-order valence-corrected chi connectivity index (χ2v) is 4.46. The van der Waals surface area contributed by atoms with Gasteiger partial charge in [-0.05, 0) is 19.4 Å². The van der Waals surface area contributed by atoms with Crippen LogP contribution in [0, 0.1) is 5.41 Å². The highest BCUT2D eigenvalue weighted by molar-refractivity contribution is 5.83. The van der Waals surface area contributed by atoms with E-state index in [1.54, 1.807) is 0 Å². The molecule has 0 aromatic carbocycles. The summed E-state index contributed by atoms with van der Waals surface area (Å²) >= 11 is 0. The lowest BCUT2D eigenvalue weighted by atomic mass is 9.83. The first-order valence-corrected chi connectivity index (χ1v) is 5.92. The fourth-order valence-corrected chi connectivity index (χ4v) is 2.03. The van der Waals surface area contributed by atoms with Crippen LogP contribution in [0.4, 0.5) is 0 Å². The maximum atomic E-state index is 12.0. The van der Waals surface area contributed by atoms with Gasteiger partial charge in [0.1, 0.15) is 0 Å². The van der Waals surface area contributed by atoms with Crippen molar-refractivity contribution in [3.63, 3.8) is 0 Å². The molecular formula is C11H20N2O4. The highest BCUT2D eigenvalue weighted by Gasteiger charge is 2.39. The minimum absolute atomic E-state index is 0.0360. The number of hydrogen-bond acceptors (Lipinski definition) is 4. The van der Waals surface area contributed by atoms with E-state index in [2.05, 4.69) is 10.6 Å². The zero-order chi connectivity index (χ0) is 12.9. The maximum absolute atomic E-state index is 12.0. The molecule has 1 rings (SSSR count). The summed E-state index contributed by atoms with van der Waals surface area (Å²) < 4.78 is 0. The highest BCUT2D eigenvalue weighted by atomic mass is 16.4. The van der Waals surface area contributed by atoms with Crippen molar-refractivity contribution in [2.45, 2.75) is 32.3 Å². The summed E-state index contributed by atoms with van der Waals surface area (Å²) in [5.41, 5.74) is -0.367. The van der Waals surface area contributed by atoms with Crippen LogP contribution >= 0.6 is 0 Å². The smallest absolute Gasteiger partial charge is 0.332 e. The molecule has 1 aliphatic heterocycles. The molecule has 1 aliphatic rings. The second-order valence-electron chi connectivity index (χ2n) is 4.46. The normalized spacial score (nSPS) is 25.5. The number of nitrogens with one attached hydrogen (secondary N) is 2. The molecule has 1 fully saturated rings. The lowest BCUT2D eigenvalue weighted by Crippen LogP contribution is -2.43. The summed E-state index contributed by atoms with van der Waals surface area (Å²) in [7, 11) is 0. The molecule has 0 bridgehead atoms. The van der Waals surface area contributed by atoms with Crippen LogP contribution in [0.5, 0.6) is 0 Å². The van der Waals surface area contributed by atoms with Crippen LogP contribution in [0.3, 0.4) is 0 Å². The van der Waals surface area contributed by atoms with Crippen LogP contribution in [-0.4, -0.2) is 47.8 Å². The van der Waals surface area contributed by atoms with E-state index in [9.17, 15) is 9.59 Å². The van der Waals surface area contributed by atoms with Crippen molar-refractivity contribution in [2.24, 2.45) is 5.41 Å². The number of carbonyl (C=O) groups is 2. The van der Waals surface area contributed by atoms with Crippen molar-refractivity contribution >= 4 is 11.9 Å². The van der Waals surface area contributed by atoms with E-state index in [4.69, 9.17) is 10.2 Å². The fraction of sp³-hybridized carbons (Fsp3) is 0.818. The van der Waals surface area contributed by atoms with Crippen LogP contribution in [0.1, 0.15) is 26.2 Å². The Morgan fingerprint density at radius 2 is 2.24 bits per heavy atom. The van der Waals surface area contributed by atoms with Crippen LogP contribution in [0.15, 0.2) is 0 Å². The average molecular weight is 244 g/mol. The van der Waals surface area contributed by atoms with Gasteiger partial charge in [0.25, 0.3) is 0 Å². The number of carboxylic acids is 1. The van der Waals surface area contributed by atoms with E-state index in [1.807, 2.05) is 6.92 Å². The van der Waals surface area contributed by atoms with Crippen molar-refractivity contribution in [2.75, 3.05) is 19.6 Å². The average Bonchev–Trinajstić information content (AvgIpc) is 2.78. The fourth-order valence-electron chi connectivity index (χ4n) is 2.03. The largest absolute Gasteiger partial charge is 0.479 e. The quantitative estimate of drug-likeness (QED) is 0.496. The summed E-state index contributed by atoms with van der Waals surface area (Å²) in [6.07, 6.45) is 0.188. The second kappa shape index (κ2) is 5.97. The number of carboxylic acid groups (broad SMARTS) is 1. The zero-order valence-electron chi connectivity index (χ0n) is 10.0. The van der Waals surface area contributed by atoms with Gasteiger partial charge < -0.3 is 20.8 Å². The Hall–Kier alpha value is -1.14. The summed E-state index contributed by atoms with van der Waals surface area (Å²) in [6, 6.07) is 0. The molecule has 6 heteroatoms. The molecule has 1 saturated heterocycles. The highest BCUT2D eigenvalue weighted by Crippen LogP contribution is 2.29. The molecule has 0 saturated carbocycles. The van der Waals surface area contributed by atoms with Crippen LogP contribution in [-0.2, 0) is 9.59 Å². The number of rotatable bonds is 6. The lowest BCUT2D eigenvalue weighted by molar-refractivity contribution is -0.147. The molecule has 0 aliphatic carbocycles. The first-order valence-electron chi connectivity index (χ1n) is 5.92. The SMILES string of the molecule is CCC1(C(=O)NCC[C@H](O)C(=O)O)CCNC1. The topological polar surface area (TPSA) is 98.7 Å². The number of hydrogen-bond donors (Lipinski definition) is 4. The van der Waals surface area contributed by atoms with Gasteiger partial charge >= 0.3 is 5.97 Å². The van der Waals surface area contributed by atoms with E-state index in [-0.39, 0.29) is 24.3 Å². The van der Waals surface area contributed by atoms with E-state index in [0.29, 0.717) is 6.54 Å². The summed E-state index contributed by atoms with van der Waals surface area (Å²) in [5.74, 6) is -1.31. The van der Waals surface area contributed by atoms with Crippen LogP contribution < -0.4 is 10.6 Å².